The van der Waals surface area contributed by atoms with Gasteiger partial charge in [-0.15, -0.1) is 0 Å². The van der Waals surface area contributed by atoms with Crippen LogP contribution in [0.2, 0.25) is 0 Å². The van der Waals surface area contributed by atoms with Crippen molar-refractivity contribution in [2.24, 2.45) is 5.73 Å². The zero-order valence-electron chi connectivity index (χ0n) is 10.9. The Bertz CT molecular complexity index is 344. The zero-order valence-corrected chi connectivity index (χ0v) is 10.9. The van der Waals surface area contributed by atoms with Crippen LogP contribution < -0.4 is 10.5 Å². The Balaban J connectivity index is 2.55. The number of benzene rings is 1. The molecule has 0 saturated heterocycles. The smallest absolute Gasteiger partial charge is 0.119 e. The van der Waals surface area contributed by atoms with E-state index in [4.69, 9.17) is 15.6 Å². The van der Waals surface area contributed by atoms with Gasteiger partial charge in [-0.3, -0.25) is 0 Å². The van der Waals surface area contributed by atoms with Gasteiger partial charge in [0.05, 0.1) is 13.2 Å². The third kappa shape index (κ3) is 4.75. The van der Waals surface area contributed by atoms with E-state index in [-0.39, 0.29) is 18.1 Å². The van der Waals surface area contributed by atoms with E-state index in [1.54, 1.807) is 0 Å². The van der Waals surface area contributed by atoms with Gasteiger partial charge in [-0.25, -0.2) is 0 Å². The lowest BCUT2D eigenvalue weighted by molar-refractivity contribution is 0.230. The average Bonchev–Trinajstić information content (AvgIpc) is 2.28. The molecule has 3 N–H and O–H groups in total. The quantitative estimate of drug-likeness (QED) is 0.824. The maximum atomic E-state index is 8.80. The number of rotatable bonds is 5. The van der Waals surface area contributed by atoms with Crippen LogP contribution >= 0.6 is 0 Å². The molecule has 1 unspecified atom stereocenters. The first-order valence-electron chi connectivity index (χ1n) is 6.03. The van der Waals surface area contributed by atoms with Crippen molar-refractivity contribution in [3.05, 3.63) is 29.8 Å². The molecule has 96 valence electrons. The van der Waals surface area contributed by atoms with Crippen molar-refractivity contribution < 1.29 is 9.84 Å². The van der Waals surface area contributed by atoms with E-state index in [1.807, 2.05) is 12.1 Å². The van der Waals surface area contributed by atoms with Gasteiger partial charge in [-0.1, -0.05) is 32.9 Å². The lowest BCUT2D eigenvalue weighted by Gasteiger charge is -2.20. The van der Waals surface area contributed by atoms with Crippen molar-refractivity contribution in [1.82, 2.24) is 0 Å². The first-order chi connectivity index (χ1) is 7.93. The molecule has 0 amide bonds. The van der Waals surface area contributed by atoms with E-state index in [0.29, 0.717) is 13.0 Å². The van der Waals surface area contributed by atoms with Crippen LogP contribution in [-0.4, -0.2) is 24.4 Å². The summed E-state index contributed by atoms with van der Waals surface area (Å²) in [7, 11) is 0. The molecule has 0 fully saturated rings. The normalized spacial score (nSPS) is 13.5. The predicted molar refractivity (Wildman–Crippen MR) is 70.3 cm³/mol. The van der Waals surface area contributed by atoms with E-state index in [0.717, 1.165) is 5.75 Å². The molecule has 1 aromatic rings. The molecule has 1 atom stereocenters. The van der Waals surface area contributed by atoms with Crippen molar-refractivity contribution in [3.63, 3.8) is 0 Å². The molecule has 3 heteroatoms. The Morgan fingerprint density at radius 2 is 2.06 bits per heavy atom. The minimum Gasteiger partial charge on any atom is -0.494 e. The molecular weight excluding hydrogens is 214 g/mol. The zero-order chi connectivity index (χ0) is 12.9. The van der Waals surface area contributed by atoms with Crippen LogP contribution in [0.4, 0.5) is 0 Å². The number of aliphatic hydroxyl groups is 1. The second-order valence-corrected chi connectivity index (χ2v) is 5.36. The van der Waals surface area contributed by atoms with Gasteiger partial charge in [0, 0.05) is 6.04 Å². The highest BCUT2D eigenvalue weighted by atomic mass is 16.5. The van der Waals surface area contributed by atoms with E-state index >= 15 is 0 Å². The molecule has 3 nitrogen and oxygen atoms in total. The predicted octanol–water partition coefficient (Wildman–Crippen LogP) is 2.07. The molecule has 0 heterocycles. The Hall–Kier alpha value is -1.06. The van der Waals surface area contributed by atoms with Crippen LogP contribution in [0, 0.1) is 0 Å². The highest BCUT2D eigenvalue weighted by Gasteiger charge is 2.13. The topological polar surface area (TPSA) is 55.5 Å². The number of aliphatic hydroxyl groups excluding tert-OH is 1. The Morgan fingerprint density at radius 1 is 1.35 bits per heavy atom. The van der Waals surface area contributed by atoms with Crippen LogP contribution in [0.1, 0.15) is 32.8 Å². The lowest BCUT2D eigenvalue weighted by Crippen LogP contribution is -2.26. The molecule has 0 aliphatic heterocycles. The molecular formula is C14H23NO2. The van der Waals surface area contributed by atoms with Crippen molar-refractivity contribution in [3.8, 4) is 5.75 Å². The van der Waals surface area contributed by atoms with E-state index in [2.05, 4.69) is 32.9 Å². The van der Waals surface area contributed by atoms with Crippen molar-refractivity contribution in [1.29, 1.82) is 0 Å². The lowest BCUT2D eigenvalue weighted by atomic mass is 9.87. The monoisotopic (exact) mass is 237 g/mol. The minimum atomic E-state index is -0.194. The Kier molecular flexibility index (Phi) is 4.97. The van der Waals surface area contributed by atoms with Gasteiger partial charge in [-0.2, -0.15) is 0 Å². The van der Waals surface area contributed by atoms with Crippen molar-refractivity contribution >= 4 is 0 Å². The summed E-state index contributed by atoms with van der Waals surface area (Å²) in [4.78, 5) is 0. The standard InChI is InChI=1S/C14H23NO2/c1-14(2,3)11-5-4-6-13(9-11)17-8-7-12(15)10-16/h4-6,9,12,16H,7-8,10,15H2,1-3H3. The van der Waals surface area contributed by atoms with Gasteiger partial charge in [0.1, 0.15) is 5.75 Å². The van der Waals surface area contributed by atoms with Gasteiger partial charge >= 0.3 is 0 Å². The van der Waals surface area contributed by atoms with Crippen LogP contribution in [0.5, 0.6) is 5.75 Å². The highest BCUT2D eigenvalue weighted by Crippen LogP contribution is 2.25. The van der Waals surface area contributed by atoms with Crippen LogP contribution in [-0.2, 0) is 5.41 Å². The molecule has 0 bridgehead atoms. The molecule has 17 heavy (non-hydrogen) atoms. The number of nitrogens with two attached hydrogens (primary N) is 1. The molecule has 0 aliphatic rings. The summed E-state index contributed by atoms with van der Waals surface area (Å²) in [6.45, 7) is 7.07. The van der Waals surface area contributed by atoms with Gasteiger partial charge < -0.3 is 15.6 Å². The second kappa shape index (κ2) is 6.03. The Morgan fingerprint density at radius 3 is 2.65 bits per heavy atom. The van der Waals surface area contributed by atoms with Gasteiger partial charge in [0.25, 0.3) is 0 Å². The van der Waals surface area contributed by atoms with E-state index in [1.165, 1.54) is 5.56 Å². The molecule has 0 radical (unpaired) electrons. The minimum absolute atomic E-state index is 0.00535. The molecule has 0 saturated carbocycles. The first kappa shape index (κ1) is 14.0. The molecule has 1 aromatic carbocycles. The number of hydrogen-bond acceptors (Lipinski definition) is 3. The second-order valence-electron chi connectivity index (χ2n) is 5.36. The van der Waals surface area contributed by atoms with Gasteiger partial charge in [0.15, 0.2) is 0 Å². The summed E-state index contributed by atoms with van der Waals surface area (Å²) in [5.74, 6) is 0.863. The summed E-state index contributed by atoms with van der Waals surface area (Å²) >= 11 is 0. The van der Waals surface area contributed by atoms with Crippen molar-refractivity contribution in [2.75, 3.05) is 13.2 Å². The summed E-state index contributed by atoms with van der Waals surface area (Å²) in [5.41, 5.74) is 6.98. The van der Waals surface area contributed by atoms with Gasteiger partial charge in [-0.05, 0) is 29.5 Å². The van der Waals surface area contributed by atoms with Crippen molar-refractivity contribution in [2.45, 2.75) is 38.6 Å². The highest BCUT2D eigenvalue weighted by molar-refractivity contribution is 5.32. The fourth-order valence-electron chi connectivity index (χ4n) is 1.47. The third-order valence-corrected chi connectivity index (χ3v) is 2.69. The summed E-state index contributed by atoms with van der Waals surface area (Å²) < 4.78 is 5.62. The van der Waals surface area contributed by atoms with E-state index < -0.39 is 0 Å². The van der Waals surface area contributed by atoms with Crippen LogP contribution in [0.15, 0.2) is 24.3 Å². The van der Waals surface area contributed by atoms with E-state index in [9.17, 15) is 0 Å². The Labute approximate surface area is 104 Å². The van der Waals surface area contributed by atoms with Crippen LogP contribution in [0.25, 0.3) is 0 Å². The maximum absolute atomic E-state index is 8.80. The SMILES string of the molecule is CC(C)(C)c1cccc(OCCC(N)CO)c1. The molecule has 0 spiro atoms. The van der Waals surface area contributed by atoms with Gasteiger partial charge in [0.2, 0.25) is 0 Å². The molecule has 1 rings (SSSR count). The average molecular weight is 237 g/mol. The fourth-order valence-corrected chi connectivity index (χ4v) is 1.47. The summed E-state index contributed by atoms with van der Waals surface area (Å²) in [6, 6.07) is 7.92. The first-order valence-corrected chi connectivity index (χ1v) is 6.03. The van der Waals surface area contributed by atoms with Crippen LogP contribution in [0.3, 0.4) is 0 Å². The molecule has 0 aromatic heterocycles. The summed E-state index contributed by atoms with van der Waals surface area (Å²) in [6.07, 6.45) is 0.663. The maximum Gasteiger partial charge on any atom is 0.119 e. The molecule has 0 aliphatic carbocycles. The number of ether oxygens (including phenoxy) is 1. The summed E-state index contributed by atoms with van der Waals surface area (Å²) in [5, 5.41) is 8.80. The fraction of sp³-hybridized carbons (Fsp3) is 0.571. The third-order valence-electron chi connectivity index (χ3n) is 2.69. The number of hydrogen-bond donors (Lipinski definition) is 2. The largest absolute Gasteiger partial charge is 0.494 e.